The number of hydrogen-bond acceptors (Lipinski definition) is 1. The third kappa shape index (κ3) is 3.14. The molecule has 1 aliphatic rings. The van der Waals surface area contributed by atoms with E-state index in [0.717, 1.165) is 37.8 Å². The van der Waals surface area contributed by atoms with Crippen molar-refractivity contribution in [1.29, 1.82) is 0 Å². The van der Waals surface area contributed by atoms with Gasteiger partial charge < -0.3 is 5.32 Å². The molecular formula is C13H14ClF4N. The van der Waals surface area contributed by atoms with E-state index in [1.54, 1.807) is 0 Å². The highest BCUT2D eigenvalue weighted by atomic mass is 35.5. The van der Waals surface area contributed by atoms with Crippen LogP contribution in [0.1, 0.15) is 31.2 Å². The normalized spacial score (nSPS) is 18.6. The van der Waals surface area contributed by atoms with Crippen LogP contribution in [-0.4, -0.2) is 11.4 Å². The molecule has 1 N–H and O–H groups in total. The van der Waals surface area contributed by atoms with Gasteiger partial charge in [0, 0.05) is 5.88 Å². The van der Waals surface area contributed by atoms with E-state index >= 15 is 0 Å². The van der Waals surface area contributed by atoms with Crippen molar-refractivity contribution in [3.8, 4) is 0 Å². The molecule has 6 heteroatoms. The minimum Gasteiger partial charge on any atom is -0.376 e. The van der Waals surface area contributed by atoms with E-state index in [9.17, 15) is 17.6 Å². The number of rotatable bonds is 3. The molecular weight excluding hydrogens is 282 g/mol. The van der Waals surface area contributed by atoms with Gasteiger partial charge in [0.05, 0.1) is 16.8 Å². The number of anilines is 1. The zero-order chi connectivity index (χ0) is 14.1. The van der Waals surface area contributed by atoms with Crippen LogP contribution < -0.4 is 5.32 Å². The fourth-order valence-electron chi connectivity index (χ4n) is 2.42. The van der Waals surface area contributed by atoms with E-state index in [4.69, 9.17) is 11.6 Å². The summed E-state index contributed by atoms with van der Waals surface area (Å²) in [6, 6.07) is 2.52. The van der Waals surface area contributed by atoms with Crippen LogP contribution in [0, 0.1) is 5.82 Å². The molecule has 0 radical (unpaired) electrons. The van der Waals surface area contributed by atoms with Crippen molar-refractivity contribution in [2.24, 2.45) is 0 Å². The van der Waals surface area contributed by atoms with Gasteiger partial charge in [-0.25, -0.2) is 4.39 Å². The average Bonchev–Trinajstić information content (AvgIpc) is 2.80. The van der Waals surface area contributed by atoms with Gasteiger partial charge in [-0.05, 0) is 31.0 Å². The van der Waals surface area contributed by atoms with Crippen LogP contribution in [0.2, 0.25) is 0 Å². The zero-order valence-electron chi connectivity index (χ0n) is 10.2. The molecule has 0 unspecified atom stereocenters. The van der Waals surface area contributed by atoms with Gasteiger partial charge in [0.2, 0.25) is 0 Å². The Kier molecular flexibility index (Phi) is 3.95. The molecule has 0 aromatic heterocycles. The lowest BCUT2D eigenvalue weighted by atomic mass is 9.99. The van der Waals surface area contributed by atoms with Crippen LogP contribution >= 0.6 is 11.6 Å². The third-order valence-corrected chi connectivity index (χ3v) is 4.02. The number of nitrogens with one attached hydrogen (secondary N) is 1. The molecule has 0 spiro atoms. The van der Waals surface area contributed by atoms with Gasteiger partial charge in [-0.1, -0.05) is 12.8 Å². The topological polar surface area (TPSA) is 12.0 Å². The standard InChI is InChI=1S/C13H14ClF4N/c14-8-12(5-1-2-6-12)19-11-4-3-9(7-10(11)15)13(16,17)18/h3-4,7,19H,1-2,5-6,8H2. The first kappa shape index (κ1) is 14.4. The lowest BCUT2D eigenvalue weighted by Crippen LogP contribution is -2.37. The average molecular weight is 296 g/mol. The molecule has 1 aromatic rings. The maximum atomic E-state index is 13.7. The Hall–Kier alpha value is -0.970. The van der Waals surface area contributed by atoms with Crippen molar-refractivity contribution in [1.82, 2.24) is 0 Å². The van der Waals surface area contributed by atoms with Gasteiger partial charge in [0.25, 0.3) is 0 Å². The molecule has 0 atom stereocenters. The first-order valence-corrected chi connectivity index (χ1v) is 6.61. The van der Waals surface area contributed by atoms with Gasteiger partial charge >= 0.3 is 6.18 Å². The van der Waals surface area contributed by atoms with E-state index in [2.05, 4.69) is 5.32 Å². The van der Waals surface area contributed by atoms with Crippen molar-refractivity contribution in [3.63, 3.8) is 0 Å². The second kappa shape index (κ2) is 5.19. The van der Waals surface area contributed by atoms with Crippen LogP contribution in [0.5, 0.6) is 0 Å². The van der Waals surface area contributed by atoms with E-state index in [1.807, 2.05) is 0 Å². The fraction of sp³-hybridized carbons (Fsp3) is 0.538. The van der Waals surface area contributed by atoms with Crippen LogP contribution in [0.3, 0.4) is 0 Å². The molecule has 1 nitrogen and oxygen atoms in total. The van der Waals surface area contributed by atoms with Gasteiger partial charge in [0.15, 0.2) is 0 Å². The molecule has 0 saturated heterocycles. The molecule has 1 fully saturated rings. The summed E-state index contributed by atoms with van der Waals surface area (Å²) in [6.07, 6.45) is -0.950. The van der Waals surface area contributed by atoms with E-state index in [0.29, 0.717) is 11.9 Å². The molecule has 0 bridgehead atoms. The molecule has 1 aliphatic carbocycles. The summed E-state index contributed by atoms with van der Waals surface area (Å²) in [5.41, 5.74) is -1.31. The molecule has 2 rings (SSSR count). The fourth-order valence-corrected chi connectivity index (χ4v) is 2.76. The Balaban J connectivity index is 2.22. The van der Waals surface area contributed by atoms with Crippen molar-refractivity contribution >= 4 is 17.3 Å². The van der Waals surface area contributed by atoms with Crippen LogP contribution in [0.4, 0.5) is 23.2 Å². The van der Waals surface area contributed by atoms with Gasteiger partial charge in [-0.3, -0.25) is 0 Å². The molecule has 19 heavy (non-hydrogen) atoms. The minimum absolute atomic E-state index is 0.0792. The van der Waals surface area contributed by atoms with Crippen LogP contribution in [0.15, 0.2) is 18.2 Å². The number of hydrogen-bond donors (Lipinski definition) is 1. The Bertz CT molecular complexity index is 452. The number of alkyl halides is 4. The quantitative estimate of drug-likeness (QED) is 0.623. The summed E-state index contributed by atoms with van der Waals surface area (Å²) in [5, 5.41) is 2.98. The molecule has 1 saturated carbocycles. The molecule has 1 aromatic carbocycles. The maximum absolute atomic E-state index is 13.7. The van der Waals surface area contributed by atoms with Crippen molar-refractivity contribution in [3.05, 3.63) is 29.6 Å². The smallest absolute Gasteiger partial charge is 0.376 e. The first-order chi connectivity index (χ1) is 8.86. The summed E-state index contributed by atoms with van der Waals surface area (Å²) < 4.78 is 51.0. The second-order valence-electron chi connectivity index (χ2n) is 4.94. The summed E-state index contributed by atoms with van der Waals surface area (Å²) in [4.78, 5) is 0. The second-order valence-corrected chi connectivity index (χ2v) is 5.21. The Labute approximate surface area is 113 Å². The Morgan fingerprint density at radius 2 is 1.84 bits per heavy atom. The molecule has 0 amide bonds. The van der Waals surface area contributed by atoms with Crippen molar-refractivity contribution < 1.29 is 17.6 Å². The van der Waals surface area contributed by atoms with Crippen molar-refractivity contribution in [2.45, 2.75) is 37.4 Å². The van der Waals surface area contributed by atoms with E-state index in [1.165, 1.54) is 0 Å². The lowest BCUT2D eigenvalue weighted by molar-refractivity contribution is -0.137. The lowest BCUT2D eigenvalue weighted by Gasteiger charge is -2.29. The monoisotopic (exact) mass is 295 g/mol. The van der Waals surface area contributed by atoms with Gasteiger partial charge in [-0.2, -0.15) is 13.2 Å². The van der Waals surface area contributed by atoms with Gasteiger partial charge in [0.1, 0.15) is 5.82 Å². The summed E-state index contributed by atoms with van der Waals surface area (Å²) in [6.45, 7) is 0. The zero-order valence-corrected chi connectivity index (χ0v) is 10.9. The highest BCUT2D eigenvalue weighted by Gasteiger charge is 2.35. The SMILES string of the molecule is Fc1cc(C(F)(F)F)ccc1NC1(CCl)CCCC1. The minimum atomic E-state index is -4.53. The molecule has 106 valence electrons. The first-order valence-electron chi connectivity index (χ1n) is 6.07. The summed E-state index contributed by atoms with van der Waals surface area (Å²) in [7, 11) is 0. The van der Waals surface area contributed by atoms with Crippen molar-refractivity contribution in [2.75, 3.05) is 11.2 Å². The number of halogens is 5. The molecule has 0 heterocycles. The van der Waals surface area contributed by atoms with Crippen LogP contribution in [0.25, 0.3) is 0 Å². The van der Waals surface area contributed by atoms with Gasteiger partial charge in [-0.15, -0.1) is 11.6 Å². The van der Waals surface area contributed by atoms with E-state index in [-0.39, 0.29) is 5.69 Å². The predicted octanol–water partition coefficient (Wildman–Crippen LogP) is 4.81. The summed E-state index contributed by atoms with van der Waals surface area (Å²) >= 11 is 5.91. The highest BCUT2D eigenvalue weighted by molar-refractivity contribution is 6.18. The summed E-state index contributed by atoms with van der Waals surface area (Å²) in [5.74, 6) is -0.584. The predicted molar refractivity (Wildman–Crippen MR) is 66.9 cm³/mol. The number of benzene rings is 1. The maximum Gasteiger partial charge on any atom is 0.416 e. The highest BCUT2D eigenvalue weighted by Crippen LogP contribution is 2.36. The van der Waals surface area contributed by atoms with Crippen LogP contribution in [-0.2, 0) is 6.18 Å². The third-order valence-electron chi connectivity index (χ3n) is 3.51. The Morgan fingerprint density at radius 1 is 1.21 bits per heavy atom. The van der Waals surface area contributed by atoms with E-state index < -0.39 is 23.1 Å². The Morgan fingerprint density at radius 3 is 2.32 bits per heavy atom. The largest absolute Gasteiger partial charge is 0.416 e. The molecule has 0 aliphatic heterocycles.